The number of pyridine rings is 2. The molecule has 1 aliphatic rings. The largest absolute Gasteiger partial charge is 0.444 e. The molecule has 1 aliphatic heterocycles. The van der Waals surface area contributed by atoms with Gasteiger partial charge in [0.05, 0.1) is 34.0 Å². The molecule has 4 aromatic heterocycles. The Bertz CT molecular complexity index is 2240. The van der Waals surface area contributed by atoms with E-state index >= 15 is 0 Å². The van der Waals surface area contributed by atoms with E-state index in [9.17, 15) is 14.4 Å². The number of anilines is 2. The van der Waals surface area contributed by atoms with Crippen LogP contribution in [-0.2, 0) is 24.9 Å². The molecule has 2 N–H and O–H groups in total. The van der Waals surface area contributed by atoms with Crippen LogP contribution in [0.2, 0.25) is 10.0 Å². The number of nitrogens with zero attached hydrogens (tertiary/aromatic N) is 9. The first-order valence-electron chi connectivity index (χ1n) is 17.6. The number of carbonyl (C=O) groups is 2. The third-order valence-corrected chi connectivity index (χ3v) is 9.32. The molecule has 0 atom stereocenters. The van der Waals surface area contributed by atoms with Crippen LogP contribution in [0.15, 0.2) is 59.8 Å². The number of rotatable bonds is 10. The molecule has 5 heterocycles. The Kier molecular flexibility index (Phi) is 11.8. The van der Waals surface area contributed by atoms with Crippen molar-refractivity contribution in [2.75, 3.05) is 52.1 Å². The van der Waals surface area contributed by atoms with E-state index in [2.05, 4.69) is 35.6 Å². The lowest BCUT2D eigenvalue weighted by Crippen LogP contribution is -2.50. The van der Waals surface area contributed by atoms with Gasteiger partial charge in [-0.15, -0.1) is 5.10 Å². The van der Waals surface area contributed by atoms with Crippen molar-refractivity contribution in [2.45, 2.75) is 39.5 Å². The second-order valence-corrected chi connectivity index (χ2v) is 15.0. The van der Waals surface area contributed by atoms with Crippen molar-refractivity contribution in [3.05, 3.63) is 81.0 Å². The van der Waals surface area contributed by atoms with Crippen molar-refractivity contribution in [1.82, 2.24) is 49.3 Å². The van der Waals surface area contributed by atoms with Gasteiger partial charge in [0.2, 0.25) is 17.7 Å². The van der Waals surface area contributed by atoms with E-state index in [4.69, 9.17) is 32.7 Å². The van der Waals surface area contributed by atoms with Gasteiger partial charge in [-0.3, -0.25) is 18.9 Å². The van der Waals surface area contributed by atoms with Gasteiger partial charge >= 0.3 is 12.1 Å². The molecule has 6 rings (SSSR count). The minimum atomic E-state index is -0.527. The lowest BCUT2D eigenvalue weighted by Gasteiger charge is -2.35. The normalized spacial score (nSPS) is 13.5. The van der Waals surface area contributed by atoms with E-state index in [-0.39, 0.29) is 36.1 Å². The molecular formula is C37H43Cl2N11O5. The molecule has 3 amide bonds. The molecule has 0 aliphatic carbocycles. The molecule has 55 heavy (non-hydrogen) atoms. The number of nitrogens with one attached hydrogen (secondary N) is 2. The minimum absolute atomic E-state index is 0.102. The summed E-state index contributed by atoms with van der Waals surface area (Å²) >= 11 is 12.8. The molecule has 290 valence electrons. The van der Waals surface area contributed by atoms with Crippen molar-refractivity contribution in [2.24, 2.45) is 7.05 Å². The third-order valence-electron chi connectivity index (χ3n) is 8.69. The van der Waals surface area contributed by atoms with Crippen molar-refractivity contribution >= 4 is 58.0 Å². The summed E-state index contributed by atoms with van der Waals surface area (Å²) in [6.45, 7) is 9.71. The lowest BCUT2D eigenvalue weighted by atomic mass is 10.1. The van der Waals surface area contributed by atoms with Crippen LogP contribution in [0.1, 0.15) is 26.3 Å². The molecule has 1 saturated heterocycles. The van der Waals surface area contributed by atoms with Gasteiger partial charge in [0.15, 0.2) is 0 Å². The van der Waals surface area contributed by atoms with Crippen LogP contribution < -0.4 is 20.9 Å². The van der Waals surface area contributed by atoms with Crippen LogP contribution in [-0.4, -0.2) is 109 Å². The second kappa shape index (κ2) is 16.5. The topological polar surface area (TPSA) is 165 Å². The van der Waals surface area contributed by atoms with E-state index in [1.165, 1.54) is 9.47 Å². The number of fused-ring (bicyclic) bond motifs is 1. The summed E-state index contributed by atoms with van der Waals surface area (Å²) in [6.07, 6.45) is 4.69. The molecule has 0 radical (unpaired) electrons. The fraction of sp³-hybridized carbons (Fsp3) is 0.378. The molecule has 0 spiro atoms. The number of benzene rings is 1. The highest BCUT2D eigenvalue weighted by Crippen LogP contribution is 2.34. The lowest BCUT2D eigenvalue weighted by molar-refractivity contribution is 0.0142. The zero-order chi connectivity index (χ0) is 39.4. The number of halogens is 2. The Morgan fingerprint density at radius 1 is 0.982 bits per heavy atom. The zero-order valence-electron chi connectivity index (χ0n) is 31.5. The van der Waals surface area contributed by atoms with E-state index in [1.807, 2.05) is 27.0 Å². The number of aryl methyl sites for hydroxylation is 1. The summed E-state index contributed by atoms with van der Waals surface area (Å²) in [5, 5.41) is 11.9. The first kappa shape index (κ1) is 39.2. The molecule has 1 aromatic carbocycles. The Balaban J connectivity index is 1.14. The number of urea groups is 1. The highest BCUT2D eigenvalue weighted by molar-refractivity contribution is 6.39. The monoisotopic (exact) mass is 791 g/mol. The van der Waals surface area contributed by atoms with Gasteiger partial charge in [0.25, 0.3) is 5.56 Å². The maximum atomic E-state index is 13.4. The molecule has 18 heteroatoms. The zero-order valence-corrected chi connectivity index (χ0v) is 33.0. The number of aromatic nitrogens is 6. The molecule has 0 unspecified atom stereocenters. The predicted molar refractivity (Wildman–Crippen MR) is 210 cm³/mol. The van der Waals surface area contributed by atoms with E-state index in [0.717, 1.165) is 19.6 Å². The Labute approximate surface area is 328 Å². The first-order valence-corrected chi connectivity index (χ1v) is 18.3. The molecule has 1 fully saturated rings. The smallest absolute Gasteiger partial charge is 0.410 e. The minimum Gasteiger partial charge on any atom is -0.444 e. The summed E-state index contributed by atoms with van der Waals surface area (Å²) in [6, 6.07) is 9.95. The summed E-state index contributed by atoms with van der Waals surface area (Å²) in [5.74, 6) is 0.801. The maximum absolute atomic E-state index is 13.4. The van der Waals surface area contributed by atoms with Crippen molar-refractivity contribution in [1.29, 1.82) is 0 Å². The van der Waals surface area contributed by atoms with Crippen LogP contribution in [0.25, 0.3) is 22.2 Å². The molecule has 0 saturated carbocycles. The summed E-state index contributed by atoms with van der Waals surface area (Å²) < 4.78 is 14.8. The van der Waals surface area contributed by atoms with Crippen LogP contribution in [0.3, 0.4) is 0 Å². The Morgan fingerprint density at radius 3 is 2.40 bits per heavy atom. The summed E-state index contributed by atoms with van der Waals surface area (Å²) in [5.41, 5.74) is 1.39. The van der Waals surface area contributed by atoms with E-state index < -0.39 is 5.60 Å². The average Bonchev–Trinajstić information content (AvgIpc) is 3.59. The van der Waals surface area contributed by atoms with Crippen LogP contribution in [0.4, 0.5) is 21.2 Å². The van der Waals surface area contributed by atoms with Crippen LogP contribution >= 0.6 is 23.2 Å². The molecule has 16 nitrogen and oxygen atoms in total. The van der Waals surface area contributed by atoms with Crippen LogP contribution in [0.5, 0.6) is 11.8 Å². The average molecular weight is 793 g/mol. The number of hydrogen-bond donors (Lipinski definition) is 2. The van der Waals surface area contributed by atoms with Gasteiger partial charge < -0.3 is 29.9 Å². The van der Waals surface area contributed by atoms with Gasteiger partial charge in [0, 0.05) is 95.4 Å². The standard InChI is InChI=1S/C37H43Cl2N11O5/c1-37(2,3)55-36(53)49-15-12-48(13-16-49)14-17-50-11-10-29(45-50)54-32-24(21-42-35(52)46(4)5)18-25(22-40-32)43-34-41-20-23-19-26(33(51)47(6)31(23)44-34)30-27(38)8-7-9-28(30)39/h7-11,18-20,22H,12-17,21H2,1-6H3,(H,42,52)(H,41,43,44). The Morgan fingerprint density at radius 2 is 1.71 bits per heavy atom. The molecular weight excluding hydrogens is 749 g/mol. The fourth-order valence-electron chi connectivity index (χ4n) is 5.83. The van der Waals surface area contributed by atoms with Crippen molar-refractivity contribution < 1.29 is 19.1 Å². The van der Waals surface area contributed by atoms with Crippen LogP contribution in [0, 0.1) is 0 Å². The van der Waals surface area contributed by atoms with E-state index in [1.54, 1.807) is 79.5 Å². The number of hydrogen-bond acceptors (Lipinski definition) is 11. The quantitative estimate of drug-likeness (QED) is 0.177. The molecule has 0 bridgehead atoms. The molecule has 5 aromatic rings. The highest BCUT2D eigenvalue weighted by atomic mass is 35.5. The fourth-order valence-corrected chi connectivity index (χ4v) is 6.43. The number of ether oxygens (including phenoxy) is 2. The maximum Gasteiger partial charge on any atom is 0.410 e. The van der Waals surface area contributed by atoms with Gasteiger partial charge in [-0.1, -0.05) is 29.3 Å². The second-order valence-electron chi connectivity index (χ2n) is 14.2. The number of carbonyl (C=O) groups excluding carboxylic acids is 2. The van der Waals surface area contributed by atoms with E-state index in [0.29, 0.717) is 69.0 Å². The predicted octanol–water partition coefficient (Wildman–Crippen LogP) is 5.75. The first-order chi connectivity index (χ1) is 26.1. The van der Waals surface area contributed by atoms with Crippen molar-refractivity contribution in [3.63, 3.8) is 0 Å². The van der Waals surface area contributed by atoms with Gasteiger partial charge in [-0.05, 0) is 45.0 Å². The van der Waals surface area contributed by atoms with Gasteiger partial charge in [-0.25, -0.2) is 19.6 Å². The number of amides is 3. The summed E-state index contributed by atoms with van der Waals surface area (Å²) in [4.78, 5) is 57.3. The van der Waals surface area contributed by atoms with Crippen molar-refractivity contribution in [3.8, 4) is 22.9 Å². The van der Waals surface area contributed by atoms with Gasteiger partial charge in [0.1, 0.15) is 11.2 Å². The SMILES string of the molecule is CN(C)C(=O)NCc1cc(Nc2ncc3cc(-c4c(Cl)cccc4Cl)c(=O)n(C)c3n2)cnc1Oc1ccn(CCN2CCN(C(=O)OC(C)(C)C)CC2)n1. The number of piperazine rings is 1. The van der Waals surface area contributed by atoms with Gasteiger partial charge in [-0.2, -0.15) is 4.98 Å². The third kappa shape index (κ3) is 9.62. The summed E-state index contributed by atoms with van der Waals surface area (Å²) in [7, 11) is 4.91. The Hall–Kier alpha value is -5.45. The highest BCUT2D eigenvalue weighted by Gasteiger charge is 2.26.